The number of aryl methyl sites for hydroxylation is 2. The van der Waals surface area contributed by atoms with Crippen molar-refractivity contribution in [2.45, 2.75) is 26.0 Å². The predicted octanol–water partition coefficient (Wildman–Crippen LogP) is 2.94. The Labute approximate surface area is 101 Å². The fraction of sp³-hybridized carbons (Fsp3) is 0.455. The minimum absolute atomic E-state index is 0.709. The molecular weight excluding hydrogens is 248 g/mol. The molecule has 1 rings (SSSR count). The van der Waals surface area contributed by atoms with E-state index in [4.69, 9.17) is 15.4 Å². The van der Waals surface area contributed by atoms with Crippen LogP contribution in [0.1, 0.15) is 28.9 Å². The molecule has 0 spiro atoms. The zero-order chi connectivity index (χ0) is 12.5. The fourth-order valence-electron chi connectivity index (χ4n) is 1.62. The largest absolute Gasteiger partial charge is 0.496 e. The average Bonchev–Trinajstić information content (AvgIpc) is 2.18. The van der Waals surface area contributed by atoms with Crippen LogP contribution in [0.15, 0.2) is 12.1 Å². The molecule has 1 atom stereocenters. The predicted molar refractivity (Wildman–Crippen MR) is 65.7 cm³/mol. The van der Waals surface area contributed by atoms with Crippen LogP contribution in [0, 0.1) is 13.8 Å². The molecular formula is C11H15ClO3S. The first-order chi connectivity index (χ1) is 7.27. The molecule has 1 aromatic carbocycles. The molecule has 0 N–H and O–H groups in total. The Balaban J connectivity index is 3.32. The van der Waals surface area contributed by atoms with Gasteiger partial charge in [0.25, 0.3) is 0 Å². The maximum atomic E-state index is 11.3. The number of ether oxygens (including phenoxy) is 1. The van der Waals surface area contributed by atoms with Crippen molar-refractivity contribution in [1.29, 1.82) is 0 Å². The van der Waals surface area contributed by atoms with Gasteiger partial charge in [-0.15, -0.1) is 0 Å². The lowest BCUT2D eigenvalue weighted by molar-refractivity contribution is 0.411. The van der Waals surface area contributed by atoms with Crippen molar-refractivity contribution < 1.29 is 13.2 Å². The second kappa shape index (κ2) is 4.63. The van der Waals surface area contributed by atoms with Crippen molar-refractivity contribution in [2.75, 3.05) is 7.11 Å². The van der Waals surface area contributed by atoms with E-state index < -0.39 is 14.3 Å². The van der Waals surface area contributed by atoms with Gasteiger partial charge < -0.3 is 4.74 Å². The molecule has 5 heteroatoms. The molecule has 90 valence electrons. The fourth-order valence-corrected chi connectivity index (χ4v) is 2.47. The first-order valence-corrected chi connectivity index (χ1v) is 7.23. The lowest BCUT2D eigenvalue weighted by atomic mass is 10.0. The zero-order valence-corrected chi connectivity index (χ0v) is 11.3. The van der Waals surface area contributed by atoms with E-state index in [1.54, 1.807) is 20.1 Å². The van der Waals surface area contributed by atoms with Gasteiger partial charge >= 0.3 is 0 Å². The number of benzene rings is 1. The zero-order valence-electron chi connectivity index (χ0n) is 9.74. The van der Waals surface area contributed by atoms with Gasteiger partial charge in [-0.3, -0.25) is 0 Å². The highest BCUT2D eigenvalue weighted by molar-refractivity contribution is 8.13. The van der Waals surface area contributed by atoms with Gasteiger partial charge in [-0.2, -0.15) is 0 Å². The summed E-state index contributed by atoms with van der Waals surface area (Å²) in [4.78, 5) is 0. The van der Waals surface area contributed by atoms with Crippen molar-refractivity contribution in [3.05, 3.63) is 28.8 Å². The van der Waals surface area contributed by atoms with Gasteiger partial charge in [-0.25, -0.2) is 8.42 Å². The average molecular weight is 263 g/mol. The molecule has 0 bridgehead atoms. The Morgan fingerprint density at radius 2 is 1.81 bits per heavy atom. The Morgan fingerprint density at radius 3 is 2.25 bits per heavy atom. The van der Waals surface area contributed by atoms with E-state index >= 15 is 0 Å². The maximum absolute atomic E-state index is 11.3. The van der Waals surface area contributed by atoms with Crippen LogP contribution >= 0.6 is 10.7 Å². The van der Waals surface area contributed by atoms with Crippen molar-refractivity contribution in [1.82, 2.24) is 0 Å². The number of hydrogen-bond acceptors (Lipinski definition) is 3. The van der Waals surface area contributed by atoms with Gasteiger partial charge in [0, 0.05) is 10.7 Å². The van der Waals surface area contributed by atoms with Crippen molar-refractivity contribution >= 4 is 19.7 Å². The SMILES string of the molecule is COc1cc(C)c(C(C)S(=O)(=O)Cl)cc1C. The van der Waals surface area contributed by atoms with Crippen LogP contribution in [0.4, 0.5) is 0 Å². The molecule has 0 fully saturated rings. The summed E-state index contributed by atoms with van der Waals surface area (Å²) in [7, 11) is 3.36. The highest BCUT2D eigenvalue weighted by atomic mass is 35.7. The molecule has 0 aliphatic heterocycles. The van der Waals surface area contributed by atoms with Crippen molar-refractivity contribution in [2.24, 2.45) is 0 Å². The van der Waals surface area contributed by atoms with Crippen LogP contribution in [-0.2, 0) is 9.05 Å². The smallest absolute Gasteiger partial charge is 0.239 e. The lowest BCUT2D eigenvalue weighted by Crippen LogP contribution is -2.05. The van der Waals surface area contributed by atoms with Crippen LogP contribution in [0.5, 0.6) is 5.75 Å². The van der Waals surface area contributed by atoms with Crippen molar-refractivity contribution in [3.8, 4) is 5.75 Å². The lowest BCUT2D eigenvalue weighted by Gasteiger charge is -2.14. The molecule has 0 aromatic heterocycles. The summed E-state index contributed by atoms with van der Waals surface area (Å²) in [5.74, 6) is 0.750. The summed E-state index contributed by atoms with van der Waals surface area (Å²) in [6.07, 6.45) is 0. The van der Waals surface area contributed by atoms with Crippen LogP contribution in [0.25, 0.3) is 0 Å². The topological polar surface area (TPSA) is 43.4 Å². The van der Waals surface area contributed by atoms with Gasteiger partial charge in [-0.1, -0.05) is 6.07 Å². The number of methoxy groups -OCH3 is 1. The second-order valence-corrected chi connectivity index (χ2v) is 6.74. The summed E-state index contributed by atoms with van der Waals surface area (Å²) in [5, 5.41) is -0.709. The Morgan fingerprint density at radius 1 is 1.25 bits per heavy atom. The van der Waals surface area contributed by atoms with E-state index in [2.05, 4.69) is 0 Å². The molecule has 16 heavy (non-hydrogen) atoms. The molecule has 1 unspecified atom stereocenters. The van der Waals surface area contributed by atoms with E-state index in [1.165, 1.54) is 0 Å². The highest BCUT2D eigenvalue weighted by Crippen LogP contribution is 2.31. The van der Waals surface area contributed by atoms with Crippen LogP contribution in [-0.4, -0.2) is 15.5 Å². The number of rotatable bonds is 3. The highest BCUT2D eigenvalue weighted by Gasteiger charge is 2.22. The van der Waals surface area contributed by atoms with Gasteiger partial charge in [0.1, 0.15) is 5.75 Å². The normalized spacial score (nSPS) is 13.6. The van der Waals surface area contributed by atoms with E-state index in [-0.39, 0.29) is 0 Å². The van der Waals surface area contributed by atoms with Crippen LogP contribution < -0.4 is 4.74 Å². The molecule has 0 amide bonds. The maximum Gasteiger partial charge on any atom is 0.239 e. The van der Waals surface area contributed by atoms with E-state index in [0.717, 1.165) is 16.9 Å². The summed E-state index contributed by atoms with van der Waals surface area (Å²) < 4.78 is 27.7. The molecule has 0 aliphatic rings. The Bertz CT molecular complexity index is 494. The van der Waals surface area contributed by atoms with Gasteiger partial charge in [0.15, 0.2) is 0 Å². The monoisotopic (exact) mass is 262 g/mol. The minimum atomic E-state index is -3.58. The van der Waals surface area contributed by atoms with Crippen molar-refractivity contribution in [3.63, 3.8) is 0 Å². The summed E-state index contributed by atoms with van der Waals surface area (Å²) in [6, 6.07) is 3.63. The van der Waals surface area contributed by atoms with Gasteiger partial charge in [0.2, 0.25) is 9.05 Å². The quantitative estimate of drug-likeness (QED) is 0.787. The third-order valence-corrected chi connectivity index (χ3v) is 4.54. The summed E-state index contributed by atoms with van der Waals surface area (Å²) >= 11 is 0. The Hall–Kier alpha value is -0.740. The number of hydrogen-bond donors (Lipinski definition) is 0. The van der Waals surface area contributed by atoms with E-state index in [9.17, 15) is 8.42 Å². The van der Waals surface area contributed by atoms with Gasteiger partial charge in [-0.05, 0) is 43.5 Å². The molecule has 0 heterocycles. The minimum Gasteiger partial charge on any atom is -0.496 e. The first kappa shape index (κ1) is 13.3. The summed E-state index contributed by atoms with van der Waals surface area (Å²) in [6.45, 7) is 5.29. The molecule has 0 aliphatic carbocycles. The molecule has 1 aromatic rings. The first-order valence-electron chi connectivity index (χ1n) is 4.86. The standard InChI is InChI=1S/C11H15ClO3S/c1-7-6-11(15-4)8(2)5-10(7)9(3)16(12,13)14/h5-6,9H,1-4H3. The van der Waals surface area contributed by atoms with E-state index in [0.29, 0.717) is 5.56 Å². The summed E-state index contributed by atoms with van der Waals surface area (Å²) in [5.41, 5.74) is 2.47. The van der Waals surface area contributed by atoms with E-state index in [1.807, 2.05) is 19.9 Å². The third-order valence-electron chi connectivity index (χ3n) is 2.64. The van der Waals surface area contributed by atoms with Crippen LogP contribution in [0.3, 0.4) is 0 Å². The molecule has 0 radical (unpaired) electrons. The number of halogens is 1. The molecule has 3 nitrogen and oxygen atoms in total. The third kappa shape index (κ3) is 2.68. The second-order valence-electron chi connectivity index (χ2n) is 3.80. The van der Waals surface area contributed by atoms with Gasteiger partial charge in [0.05, 0.1) is 12.4 Å². The Kier molecular flexibility index (Phi) is 3.86. The molecule has 0 saturated heterocycles. The molecule has 0 saturated carbocycles. The van der Waals surface area contributed by atoms with Crippen LogP contribution in [0.2, 0.25) is 0 Å².